The Balaban J connectivity index is 0.00000121. The second-order valence-corrected chi connectivity index (χ2v) is 6.43. The molecule has 4 nitrogen and oxygen atoms in total. The number of nitrogens with zero attached hydrogens (tertiary/aromatic N) is 2. The molecular formula is C15H21Cl2N3OS. The number of halogens is 2. The first-order valence-corrected chi connectivity index (χ1v) is 7.92. The summed E-state index contributed by atoms with van der Waals surface area (Å²) in [4.78, 5) is 18.5. The zero-order valence-electron chi connectivity index (χ0n) is 12.2. The van der Waals surface area contributed by atoms with Gasteiger partial charge in [0.2, 0.25) is 5.91 Å². The monoisotopic (exact) mass is 361 g/mol. The smallest absolute Gasteiger partial charge is 0.222 e. The van der Waals surface area contributed by atoms with Crippen molar-refractivity contribution in [1.82, 2.24) is 9.88 Å². The fourth-order valence-electron chi connectivity index (χ4n) is 2.59. The Morgan fingerprint density at radius 2 is 2.14 bits per heavy atom. The van der Waals surface area contributed by atoms with Crippen LogP contribution in [0.3, 0.4) is 0 Å². The number of amides is 1. The summed E-state index contributed by atoms with van der Waals surface area (Å²) < 4.78 is 1.22. The van der Waals surface area contributed by atoms with Crippen molar-refractivity contribution in [2.45, 2.75) is 31.7 Å². The maximum absolute atomic E-state index is 12.0. The van der Waals surface area contributed by atoms with E-state index in [9.17, 15) is 4.79 Å². The van der Waals surface area contributed by atoms with Crippen molar-refractivity contribution in [2.75, 3.05) is 13.1 Å². The van der Waals surface area contributed by atoms with Crippen molar-refractivity contribution < 1.29 is 4.79 Å². The van der Waals surface area contributed by atoms with Gasteiger partial charge in [-0.2, -0.15) is 0 Å². The highest BCUT2D eigenvalue weighted by Gasteiger charge is 2.22. The summed E-state index contributed by atoms with van der Waals surface area (Å²) in [5.41, 5.74) is 6.88. The molecule has 1 aliphatic rings. The molecule has 0 spiro atoms. The highest BCUT2D eigenvalue weighted by Crippen LogP contribution is 2.23. The fourth-order valence-corrected chi connectivity index (χ4v) is 3.60. The average Bonchev–Trinajstić information content (AvgIpc) is 3.04. The molecule has 1 atom stereocenters. The van der Waals surface area contributed by atoms with Crippen LogP contribution in [0.2, 0.25) is 0 Å². The van der Waals surface area contributed by atoms with E-state index in [0.717, 1.165) is 42.9 Å². The van der Waals surface area contributed by atoms with E-state index in [1.54, 1.807) is 11.3 Å². The van der Waals surface area contributed by atoms with Crippen LogP contribution in [-0.2, 0) is 11.2 Å². The molecule has 22 heavy (non-hydrogen) atoms. The van der Waals surface area contributed by atoms with E-state index < -0.39 is 0 Å². The second-order valence-electron chi connectivity index (χ2n) is 5.32. The molecule has 1 aromatic carbocycles. The third kappa shape index (κ3) is 4.56. The van der Waals surface area contributed by atoms with E-state index in [4.69, 9.17) is 5.73 Å². The minimum Gasteiger partial charge on any atom is -0.341 e. The third-order valence-corrected chi connectivity index (χ3v) is 4.79. The Bertz CT molecular complexity index is 587. The van der Waals surface area contributed by atoms with Gasteiger partial charge in [0.05, 0.1) is 15.2 Å². The van der Waals surface area contributed by atoms with Crippen LogP contribution in [0.4, 0.5) is 0 Å². The summed E-state index contributed by atoms with van der Waals surface area (Å²) in [6.07, 6.45) is 3.28. The van der Waals surface area contributed by atoms with Crippen LogP contribution < -0.4 is 5.73 Å². The van der Waals surface area contributed by atoms with Crippen LogP contribution in [0.1, 0.15) is 24.3 Å². The molecule has 0 bridgehead atoms. The molecule has 7 heteroatoms. The van der Waals surface area contributed by atoms with Gasteiger partial charge in [0.15, 0.2) is 0 Å². The predicted molar refractivity (Wildman–Crippen MR) is 96.2 cm³/mol. The van der Waals surface area contributed by atoms with Crippen molar-refractivity contribution >= 4 is 52.3 Å². The number of likely N-dealkylation sites (tertiary alicyclic amines) is 1. The van der Waals surface area contributed by atoms with Crippen molar-refractivity contribution in [1.29, 1.82) is 0 Å². The minimum atomic E-state index is 0. The summed E-state index contributed by atoms with van der Waals surface area (Å²) in [6.45, 7) is 1.54. The SMILES string of the molecule is Cl.Cl.N[C@@H]1CCN(C(=O)CCCc2nc3ccccc3s2)C1. The first kappa shape index (κ1) is 19.2. The molecule has 1 aromatic heterocycles. The highest BCUT2D eigenvalue weighted by molar-refractivity contribution is 7.18. The molecule has 0 unspecified atom stereocenters. The second kappa shape index (κ2) is 8.67. The first-order valence-electron chi connectivity index (χ1n) is 7.10. The summed E-state index contributed by atoms with van der Waals surface area (Å²) in [5, 5.41) is 1.12. The lowest BCUT2D eigenvalue weighted by molar-refractivity contribution is -0.130. The zero-order chi connectivity index (χ0) is 13.9. The van der Waals surface area contributed by atoms with E-state index in [1.807, 2.05) is 23.1 Å². The van der Waals surface area contributed by atoms with Gasteiger partial charge in [-0.1, -0.05) is 12.1 Å². The topological polar surface area (TPSA) is 59.2 Å². The molecule has 0 radical (unpaired) electrons. The Kier molecular flexibility index (Phi) is 7.56. The lowest BCUT2D eigenvalue weighted by Gasteiger charge is -2.15. The number of benzene rings is 1. The van der Waals surface area contributed by atoms with Crippen LogP contribution in [0.25, 0.3) is 10.2 Å². The number of carbonyl (C=O) groups is 1. The van der Waals surface area contributed by atoms with Gasteiger partial charge in [0.25, 0.3) is 0 Å². The lowest BCUT2D eigenvalue weighted by Crippen LogP contribution is -2.31. The number of fused-ring (bicyclic) bond motifs is 1. The van der Waals surface area contributed by atoms with Gasteiger partial charge >= 0.3 is 0 Å². The average molecular weight is 362 g/mol. The zero-order valence-corrected chi connectivity index (χ0v) is 14.7. The molecule has 2 N–H and O–H groups in total. The van der Waals surface area contributed by atoms with E-state index in [-0.39, 0.29) is 36.8 Å². The summed E-state index contributed by atoms with van der Waals surface area (Å²) in [6, 6.07) is 8.33. The lowest BCUT2D eigenvalue weighted by atomic mass is 10.2. The quantitative estimate of drug-likeness (QED) is 0.910. The number of rotatable bonds is 4. The maximum atomic E-state index is 12.0. The molecule has 1 amide bonds. The Hall–Kier alpha value is -0.880. The maximum Gasteiger partial charge on any atom is 0.222 e. The molecule has 0 saturated carbocycles. The van der Waals surface area contributed by atoms with Gasteiger partial charge in [0.1, 0.15) is 0 Å². The Labute approximate surface area is 146 Å². The van der Waals surface area contributed by atoms with Gasteiger partial charge < -0.3 is 10.6 Å². The molecule has 2 aromatic rings. The van der Waals surface area contributed by atoms with Crippen LogP contribution in [0, 0.1) is 0 Å². The largest absolute Gasteiger partial charge is 0.341 e. The van der Waals surface area contributed by atoms with E-state index in [0.29, 0.717) is 6.42 Å². The molecule has 2 heterocycles. The number of hydrogen-bond donors (Lipinski definition) is 1. The van der Waals surface area contributed by atoms with Crippen LogP contribution in [0.5, 0.6) is 0 Å². The van der Waals surface area contributed by atoms with Gasteiger partial charge in [0, 0.05) is 25.6 Å². The van der Waals surface area contributed by atoms with Crippen molar-refractivity contribution in [3.8, 4) is 0 Å². The molecule has 122 valence electrons. The van der Waals surface area contributed by atoms with E-state index >= 15 is 0 Å². The number of carbonyl (C=O) groups excluding carboxylic acids is 1. The minimum absolute atomic E-state index is 0. The number of aromatic nitrogens is 1. The van der Waals surface area contributed by atoms with Crippen LogP contribution in [0.15, 0.2) is 24.3 Å². The standard InChI is InChI=1S/C15H19N3OS.2ClH/c16-11-8-9-18(10-11)15(19)7-3-6-14-17-12-4-1-2-5-13(12)20-14;;/h1-2,4-5,11H,3,6-10,16H2;2*1H/t11-;;/m1../s1. The van der Waals surface area contributed by atoms with Gasteiger partial charge in [-0.25, -0.2) is 4.98 Å². The predicted octanol–water partition coefficient (Wildman–Crippen LogP) is 3.02. The number of nitrogens with two attached hydrogens (primary N) is 1. The van der Waals surface area contributed by atoms with Crippen molar-refractivity contribution in [3.63, 3.8) is 0 Å². The van der Waals surface area contributed by atoms with Crippen molar-refractivity contribution in [2.24, 2.45) is 5.73 Å². The normalized spacial score (nSPS) is 17.1. The van der Waals surface area contributed by atoms with Crippen molar-refractivity contribution in [3.05, 3.63) is 29.3 Å². The summed E-state index contributed by atoms with van der Waals surface area (Å²) >= 11 is 1.73. The fraction of sp³-hybridized carbons (Fsp3) is 0.467. The third-order valence-electron chi connectivity index (χ3n) is 3.70. The summed E-state index contributed by atoms with van der Waals surface area (Å²) in [5.74, 6) is 0.235. The van der Waals surface area contributed by atoms with E-state index in [2.05, 4.69) is 11.1 Å². The number of aryl methyl sites for hydroxylation is 1. The van der Waals surface area contributed by atoms with Gasteiger partial charge in [-0.3, -0.25) is 4.79 Å². The number of thiazole rings is 1. The van der Waals surface area contributed by atoms with Crippen LogP contribution >= 0.6 is 36.2 Å². The molecule has 1 saturated heterocycles. The first-order chi connectivity index (χ1) is 9.72. The number of para-hydroxylation sites is 1. The summed E-state index contributed by atoms with van der Waals surface area (Å²) in [7, 11) is 0. The highest BCUT2D eigenvalue weighted by atomic mass is 35.5. The van der Waals surface area contributed by atoms with Crippen LogP contribution in [-0.4, -0.2) is 34.9 Å². The molecule has 3 rings (SSSR count). The van der Waals surface area contributed by atoms with Gasteiger partial charge in [-0.05, 0) is 31.4 Å². The van der Waals surface area contributed by atoms with Gasteiger partial charge in [-0.15, -0.1) is 36.2 Å². The Morgan fingerprint density at radius 1 is 1.36 bits per heavy atom. The van der Waals surface area contributed by atoms with E-state index in [1.165, 1.54) is 4.70 Å². The number of hydrogen-bond acceptors (Lipinski definition) is 4. The molecule has 0 aliphatic carbocycles. The molecular weight excluding hydrogens is 341 g/mol. The molecule has 1 aliphatic heterocycles. The molecule has 1 fully saturated rings. The Morgan fingerprint density at radius 3 is 2.82 bits per heavy atom.